The Balaban J connectivity index is 0.00000196. The summed E-state index contributed by atoms with van der Waals surface area (Å²) >= 11 is 0. The second-order valence-corrected chi connectivity index (χ2v) is 6.68. The van der Waals surface area contributed by atoms with Crippen molar-refractivity contribution in [2.75, 3.05) is 18.4 Å². The third-order valence-corrected chi connectivity index (χ3v) is 4.63. The second kappa shape index (κ2) is 7.89. The highest BCUT2D eigenvalue weighted by molar-refractivity contribution is 5.92. The van der Waals surface area contributed by atoms with Crippen LogP contribution in [0, 0.1) is 5.92 Å². The second-order valence-electron chi connectivity index (χ2n) is 6.68. The van der Waals surface area contributed by atoms with Crippen LogP contribution in [0.25, 0.3) is 22.4 Å². The van der Waals surface area contributed by atoms with Crippen molar-refractivity contribution in [3.63, 3.8) is 0 Å². The number of benzene rings is 2. The lowest BCUT2D eigenvalue weighted by atomic mass is 10.2. The van der Waals surface area contributed by atoms with Crippen molar-refractivity contribution in [1.82, 2.24) is 14.9 Å². The summed E-state index contributed by atoms with van der Waals surface area (Å²) in [6.45, 7) is 1.31. The summed E-state index contributed by atoms with van der Waals surface area (Å²) in [4.78, 5) is 16.7. The monoisotopic (exact) mass is 370 g/mol. The summed E-state index contributed by atoms with van der Waals surface area (Å²) in [5.74, 6) is 1.70. The third-order valence-electron chi connectivity index (χ3n) is 4.63. The zero-order chi connectivity index (χ0) is 17.2. The van der Waals surface area contributed by atoms with Crippen LogP contribution in [-0.4, -0.2) is 28.5 Å². The number of nitrogens with zero attached hydrogens (tertiary/aromatic N) is 2. The van der Waals surface area contributed by atoms with Gasteiger partial charge in [-0.3, -0.25) is 4.79 Å². The van der Waals surface area contributed by atoms with E-state index in [4.69, 9.17) is 4.98 Å². The molecule has 5 nitrogen and oxygen atoms in total. The number of carbonyl (C=O) groups is 1. The number of rotatable bonds is 6. The summed E-state index contributed by atoms with van der Waals surface area (Å²) in [6.07, 6.45) is 2.58. The molecule has 6 heteroatoms. The lowest BCUT2D eigenvalue weighted by Crippen LogP contribution is -2.29. The number of imidazole rings is 1. The number of hydrogen-bond donors (Lipinski definition) is 2. The zero-order valence-corrected chi connectivity index (χ0v) is 15.6. The van der Waals surface area contributed by atoms with Crippen molar-refractivity contribution in [2.24, 2.45) is 13.0 Å². The van der Waals surface area contributed by atoms with Crippen molar-refractivity contribution >= 4 is 35.0 Å². The van der Waals surface area contributed by atoms with Crippen LogP contribution >= 0.6 is 12.4 Å². The van der Waals surface area contributed by atoms with E-state index in [9.17, 15) is 4.79 Å². The van der Waals surface area contributed by atoms with Crippen LogP contribution in [0.4, 0.5) is 5.69 Å². The van der Waals surface area contributed by atoms with Crippen molar-refractivity contribution in [2.45, 2.75) is 12.8 Å². The first-order valence-electron chi connectivity index (χ1n) is 8.73. The van der Waals surface area contributed by atoms with Crippen LogP contribution in [0.5, 0.6) is 0 Å². The maximum absolute atomic E-state index is 12.0. The minimum absolute atomic E-state index is 0. The average Bonchev–Trinajstić information content (AvgIpc) is 3.39. The molecule has 1 aromatic heterocycles. The highest BCUT2D eigenvalue weighted by atomic mass is 35.5. The van der Waals surface area contributed by atoms with Gasteiger partial charge in [-0.2, -0.15) is 0 Å². The number of para-hydroxylation sites is 2. The topological polar surface area (TPSA) is 59.0 Å². The van der Waals surface area contributed by atoms with Crippen LogP contribution in [-0.2, 0) is 11.8 Å². The van der Waals surface area contributed by atoms with Gasteiger partial charge in [0.1, 0.15) is 5.82 Å². The normalized spacial score (nSPS) is 13.4. The van der Waals surface area contributed by atoms with Crippen LogP contribution in [0.1, 0.15) is 12.8 Å². The summed E-state index contributed by atoms with van der Waals surface area (Å²) in [5.41, 5.74) is 3.93. The Morgan fingerprint density at radius 1 is 1.15 bits per heavy atom. The molecule has 2 N–H and O–H groups in total. The molecule has 1 fully saturated rings. The number of aromatic nitrogens is 2. The van der Waals surface area contributed by atoms with Crippen LogP contribution in [0.3, 0.4) is 0 Å². The van der Waals surface area contributed by atoms with Crippen LogP contribution < -0.4 is 10.6 Å². The minimum atomic E-state index is -0.00358. The first-order chi connectivity index (χ1) is 12.2. The van der Waals surface area contributed by atoms with Gasteiger partial charge >= 0.3 is 0 Å². The minimum Gasteiger partial charge on any atom is -0.327 e. The SMILES string of the molecule is Cl.Cn1c(-c2ccc(NC(=O)CNCC3CC3)cc2)nc2ccccc21. The Labute approximate surface area is 159 Å². The van der Waals surface area contributed by atoms with E-state index in [0.717, 1.165) is 40.6 Å². The maximum atomic E-state index is 12.0. The number of carbonyl (C=O) groups excluding carboxylic acids is 1. The van der Waals surface area contributed by atoms with Gasteiger partial charge in [-0.25, -0.2) is 4.98 Å². The van der Waals surface area contributed by atoms with Crippen LogP contribution in [0.15, 0.2) is 48.5 Å². The van der Waals surface area contributed by atoms with Gasteiger partial charge in [0.05, 0.1) is 17.6 Å². The predicted molar refractivity (Wildman–Crippen MR) is 108 cm³/mol. The molecule has 1 aliphatic rings. The van der Waals surface area contributed by atoms with E-state index in [1.165, 1.54) is 12.8 Å². The molecule has 1 amide bonds. The number of amides is 1. The highest BCUT2D eigenvalue weighted by Gasteiger charge is 2.20. The molecular weight excluding hydrogens is 348 g/mol. The quantitative estimate of drug-likeness (QED) is 0.697. The molecule has 136 valence electrons. The van der Waals surface area contributed by atoms with Crippen molar-refractivity contribution in [3.8, 4) is 11.4 Å². The molecule has 0 unspecified atom stereocenters. The zero-order valence-electron chi connectivity index (χ0n) is 14.7. The fourth-order valence-corrected chi connectivity index (χ4v) is 3.02. The van der Waals surface area contributed by atoms with Gasteiger partial charge in [0, 0.05) is 18.3 Å². The van der Waals surface area contributed by atoms with E-state index in [0.29, 0.717) is 6.54 Å². The van der Waals surface area contributed by atoms with E-state index in [1.807, 2.05) is 49.5 Å². The third kappa shape index (κ3) is 4.06. The smallest absolute Gasteiger partial charge is 0.238 e. The molecule has 4 rings (SSSR count). The molecule has 0 saturated heterocycles. The van der Waals surface area contributed by atoms with Crippen LogP contribution in [0.2, 0.25) is 0 Å². The number of nitrogens with one attached hydrogen (secondary N) is 2. The number of aryl methyl sites for hydroxylation is 1. The van der Waals surface area contributed by atoms with Gasteiger partial charge in [0.25, 0.3) is 0 Å². The average molecular weight is 371 g/mol. The molecule has 0 radical (unpaired) electrons. The standard InChI is InChI=1S/C20H22N4O.ClH/c1-24-18-5-3-2-4-17(18)23-20(24)15-8-10-16(11-9-15)22-19(25)13-21-12-14-6-7-14;/h2-5,8-11,14,21H,6-7,12-13H2,1H3,(H,22,25);1H. The Kier molecular flexibility index (Phi) is 5.59. The lowest BCUT2D eigenvalue weighted by molar-refractivity contribution is -0.115. The Morgan fingerprint density at radius 2 is 1.88 bits per heavy atom. The fraction of sp³-hybridized carbons (Fsp3) is 0.300. The molecule has 0 atom stereocenters. The molecule has 0 bridgehead atoms. The largest absolute Gasteiger partial charge is 0.327 e. The van der Waals surface area contributed by atoms with Gasteiger partial charge in [-0.15, -0.1) is 12.4 Å². The molecule has 1 saturated carbocycles. The molecular formula is C20H23ClN4O. The Hall–Kier alpha value is -2.37. The van der Waals surface area contributed by atoms with Gasteiger partial charge in [-0.05, 0) is 61.7 Å². The van der Waals surface area contributed by atoms with Crippen molar-refractivity contribution in [1.29, 1.82) is 0 Å². The number of halogens is 1. The van der Waals surface area contributed by atoms with Crippen molar-refractivity contribution in [3.05, 3.63) is 48.5 Å². The van der Waals surface area contributed by atoms with E-state index in [2.05, 4.69) is 21.3 Å². The summed E-state index contributed by atoms with van der Waals surface area (Å²) in [7, 11) is 2.02. The highest BCUT2D eigenvalue weighted by Crippen LogP contribution is 2.27. The van der Waals surface area contributed by atoms with E-state index < -0.39 is 0 Å². The van der Waals surface area contributed by atoms with Gasteiger partial charge in [0.15, 0.2) is 0 Å². The van der Waals surface area contributed by atoms with Gasteiger partial charge in [0.2, 0.25) is 5.91 Å². The number of fused-ring (bicyclic) bond motifs is 1. The van der Waals surface area contributed by atoms with Gasteiger partial charge < -0.3 is 15.2 Å². The molecule has 26 heavy (non-hydrogen) atoms. The molecule has 0 spiro atoms. The molecule has 1 heterocycles. The fourth-order valence-electron chi connectivity index (χ4n) is 3.02. The number of anilines is 1. The van der Waals surface area contributed by atoms with E-state index in [-0.39, 0.29) is 18.3 Å². The number of hydrogen-bond acceptors (Lipinski definition) is 3. The molecule has 3 aromatic rings. The summed E-state index contributed by atoms with van der Waals surface area (Å²) in [6, 6.07) is 15.9. The van der Waals surface area contributed by atoms with Gasteiger partial charge in [-0.1, -0.05) is 12.1 Å². The first-order valence-corrected chi connectivity index (χ1v) is 8.73. The van der Waals surface area contributed by atoms with Crippen molar-refractivity contribution < 1.29 is 4.79 Å². The maximum Gasteiger partial charge on any atom is 0.238 e. The lowest BCUT2D eigenvalue weighted by Gasteiger charge is -2.08. The van der Waals surface area contributed by atoms with E-state index in [1.54, 1.807) is 0 Å². The predicted octanol–water partition coefficient (Wildman–Crippen LogP) is 3.60. The molecule has 1 aliphatic carbocycles. The Morgan fingerprint density at radius 3 is 2.58 bits per heavy atom. The first kappa shape index (κ1) is 18.4. The summed E-state index contributed by atoms with van der Waals surface area (Å²) in [5, 5.41) is 6.13. The molecule has 0 aliphatic heterocycles. The summed E-state index contributed by atoms with van der Waals surface area (Å²) < 4.78 is 2.09. The Bertz CT molecular complexity index is 900. The molecule has 2 aromatic carbocycles. The van der Waals surface area contributed by atoms with E-state index >= 15 is 0 Å².